The van der Waals surface area contributed by atoms with Crippen LogP contribution < -0.4 is 0 Å². The predicted molar refractivity (Wildman–Crippen MR) is 96.4 cm³/mol. The molecule has 124 valence electrons. The lowest BCUT2D eigenvalue weighted by Gasteiger charge is -2.27. The van der Waals surface area contributed by atoms with Gasteiger partial charge in [0.2, 0.25) is 5.91 Å². The molecular formula is C17H17ClN4OS. The Bertz CT molecular complexity index is 917. The molecule has 3 aromatic rings. The molecule has 4 rings (SSSR count). The van der Waals surface area contributed by atoms with Crippen LogP contribution in [0.3, 0.4) is 0 Å². The van der Waals surface area contributed by atoms with Crippen LogP contribution in [0.15, 0.2) is 35.7 Å². The summed E-state index contributed by atoms with van der Waals surface area (Å²) in [6, 6.07) is 5.86. The van der Waals surface area contributed by atoms with Crippen LogP contribution in [-0.4, -0.2) is 37.6 Å². The number of carbonyl (C=O) groups is 1. The van der Waals surface area contributed by atoms with Crippen molar-refractivity contribution >= 4 is 40.2 Å². The Kier molecular flexibility index (Phi) is 4.02. The van der Waals surface area contributed by atoms with E-state index in [0.717, 1.165) is 34.0 Å². The number of aryl methyl sites for hydroxylation is 1. The van der Waals surface area contributed by atoms with Gasteiger partial charge in [-0.15, -0.1) is 0 Å². The second kappa shape index (κ2) is 6.18. The molecule has 1 aromatic carbocycles. The third-order valence-electron chi connectivity index (χ3n) is 4.39. The molecule has 1 N–H and O–H groups in total. The molecule has 0 fully saturated rings. The zero-order valence-electron chi connectivity index (χ0n) is 13.3. The Morgan fingerprint density at radius 2 is 2.33 bits per heavy atom. The number of imidazole rings is 1. The average Bonchev–Trinajstić information content (AvgIpc) is 3.15. The van der Waals surface area contributed by atoms with Gasteiger partial charge in [0.15, 0.2) is 5.16 Å². The summed E-state index contributed by atoms with van der Waals surface area (Å²) in [4.78, 5) is 22.2. The number of thioether (sulfide) groups is 1. The second-order valence-corrected chi connectivity index (χ2v) is 7.33. The van der Waals surface area contributed by atoms with E-state index in [9.17, 15) is 4.79 Å². The largest absolute Gasteiger partial charge is 0.358 e. The maximum atomic E-state index is 12.6. The molecule has 7 heteroatoms. The van der Waals surface area contributed by atoms with Crippen molar-refractivity contribution < 1.29 is 4.79 Å². The summed E-state index contributed by atoms with van der Waals surface area (Å²) >= 11 is 7.61. The van der Waals surface area contributed by atoms with Crippen molar-refractivity contribution in [1.29, 1.82) is 0 Å². The minimum atomic E-state index is 0.144. The molecule has 2 aromatic heterocycles. The monoisotopic (exact) mass is 360 g/mol. The van der Waals surface area contributed by atoms with Gasteiger partial charge in [-0.1, -0.05) is 23.4 Å². The Hall–Kier alpha value is -1.92. The quantitative estimate of drug-likeness (QED) is 0.729. The number of carbonyl (C=O) groups excluding carboxylic acids is 1. The first-order valence-corrected chi connectivity index (χ1v) is 9.15. The van der Waals surface area contributed by atoms with Crippen molar-refractivity contribution in [2.45, 2.75) is 18.1 Å². The number of aromatic nitrogens is 3. The highest BCUT2D eigenvalue weighted by atomic mass is 35.5. The zero-order valence-corrected chi connectivity index (χ0v) is 14.8. The zero-order chi connectivity index (χ0) is 16.7. The van der Waals surface area contributed by atoms with Crippen LogP contribution in [0.2, 0.25) is 5.02 Å². The molecule has 0 radical (unpaired) electrons. The summed E-state index contributed by atoms with van der Waals surface area (Å²) in [6.45, 7) is 1.38. The summed E-state index contributed by atoms with van der Waals surface area (Å²) in [5.41, 5.74) is 3.49. The normalized spacial score (nSPS) is 14.2. The maximum absolute atomic E-state index is 12.6. The van der Waals surface area contributed by atoms with Crippen molar-refractivity contribution in [3.63, 3.8) is 0 Å². The fraction of sp³-hybridized carbons (Fsp3) is 0.294. The molecule has 0 saturated carbocycles. The molecule has 0 atom stereocenters. The van der Waals surface area contributed by atoms with Gasteiger partial charge in [0, 0.05) is 66.1 Å². The first kappa shape index (κ1) is 15.6. The second-order valence-electron chi connectivity index (χ2n) is 5.95. The highest BCUT2D eigenvalue weighted by Crippen LogP contribution is 2.30. The van der Waals surface area contributed by atoms with Crippen LogP contribution in [0, 0.1) is 0 Å². The Balaban J connectivity index is 1.51. The SMILES string of the molecule is Cn1ccnc1SCC(=O)N1CCc2[nH]c3ccc(Cl)cc3c2C1. The molecule has 0 aliphatic carbocycles. The molecule has 1 amide bonds. The lowest BCUT2D eigenvalue weighted by molar-refractivity contribution is -0.129. The minimum Gasteiger partial charge on any atom is -0.358 e. The summed E-state index contributed by atoms with van der Waals surface area (Å²) in [6.07, 6.45) is 4.48. The molecule has 0 unspecified atom stereocenters. The first-order chi connectivity index (χ1) is 11.6. The van der Waals surface area contributed by atoms with Crippen molar-refractivity contribution in [1.82, 2.24) is 19.4 Å². The van der Waals surface area contributed by atoms with Crippen LogP contribution in [0.5, 0.6) is 0 Å². The predicted octanol–water partition coefficient (Wildman–Crippen LogP) is 3.23. The van der Waals surface area contributed by atoms with E-state index in [2.05, 4.69) is 9.97 Å². The molecule has 3 heterocycles. The van der Waals surface area contributed by atoms with E-state index in [0.29, 0.717) is 12.3 Å². The summed E-state index contributed by atoms with van der Waals surface area (Å²) < 4.78 is 1.92. The van der Waals surface area contributed by atoms with E-state index in [1.165, 1.54) is 23.0 Å². The van der Waals surface area contributed by atoms with Gasteiger partial charge in [-0.2, -0.15) is 0 Å². The number of fused-ring (bicyclic) bond motifs is 3. The number of H-pyrrole nitrogens is 1. The number of amides is 1. The highest BCUT2D eigenvalue weighted by Gasteiger charge is 2.24. The number of hydrogen-bond acceptors (Lipinski definition) is 3. The van der Waals surface area contributed by atoms with Gasteiger partial charge in [-0.05, 0) is 18.2 Å². The summed E-state index contributed by atoms with van der Waals surface area (Å²) in [5.74, 6) is 0.550. The fourth-order valence-corrected chi connectivity index (χ4v) is 4.11. The lowest BCUT2D eigenvalue weighted by Crippen LogP contribution is -2.36. The minimum absolute atomic E-state index is 0.144. The van der Waals surface area contributed by atoms with E-state index in [-0.39, 0.29) is 5.91 Å². The number of nitrogens with zero attached hydrogens (tertiary/aromatic N) is 3. The first-order valence-electron chi connectivity index (χ1n) is 7.78. The van der Waals surface area contributed by atoms with Crippen LogP contribution >= 0.6 is 23.4 Å². The average molecular weight is 361 g/mol. The van der Waals surface area contributed by atoms with E-state index < -0.39 is 0 Å². The van der Waals surface area contributed by atoms with Crippen molar-refractivity contribution in [2.75, 3.05) is 12.3 Å². The van der Waals surface area contributed by atoms with Crippen molar-refractivity contribution in [2.24, 2.45) is 7.05 Å². The molecule has 1 aliphatic heterocycles. The van der Waals surface area contributed by atoms with Gasteiger partial charge in [-0.3, -0.25) is 4.79 Å². The Morgan fingerprint density at radius 1 is 1.46 bits per heavy atom. The molecule has 5 nitrogen and oxygen atoms in total. The van der Waals surface area contributed by atoms with E-state index in [1.807, 2.05) is 40.9 Å². The molecule has 0 spiro atoms. The summed E-state index contributed by atoms with van der Waals surface area (Å²) in [5, 5.41) is 2.70. The van der Waals surface area contributed by atoms with Crippen LogP contribution in [-0.2, 0) is 24.8 Å². The number of halogens is 1. The maximum Gasteiger partial charge on any atom is 0.233 e. The topological polar surface area (TPSA) is 53.9 Å². The number of hydrogen-bond donors (Lipinski definition) is 1. The van der Waals surface area contributed by atoms with Crippen molar-refractivity contribution in [3.05, 3.63) is 46.9 Å². The highest BCUT2D eigenvalue weighted by molar-refractivity contribution is 7.99. The molecular weight excluding hydrogens is 344 g/mol. The van der Waals surface area contributed by atoms with E-state index >= 15 is 0 Å². The molecule has 0 bridgehead atoms. The lowest BCUT2D eigenvalue weighted by atomic mass is 10.0. The van der Waals surface area contributed by atoms with E-state index in [4.69, 9.17) is 11.6 Å². The fourth-order valence-electron chi connectivity index (χ4n) is 3.11. The van der Waals surface area contributed by atoms with Gasteiger partial charge < -0.3 is 14.5 Å². The van der Waals surface area contributed by atoms with Gasteiger partial charge >= 0.3 is 0 Å². The number of rotatable bonds is 3. The Labute approximate surface area is 149 Å². The van der Waals surface area contributed by atoms with Crippen molar-refractivity contribution in [3.8, 4) is 0 Å². The molecule has 0 saturated heterocycles. The third kappa shape index (κ3) is 2.80. The number of nitrogens with one attached hydrogen (secondary N) is 1. The van der Waals surface area contributed by atoms with Gasteiger partial charge in [0.1, 0.15) is 0 Å². The van der Waals surface area contributed by atoms with Crippen LogP contribution in [0.4, 0.5) is 0 Å². The van der Waals surface area contributed by atoms with Crippen LogP contribution in [0.25, 0.3) is 10.9 Å². The number of aromatic amines is 1. The van der Waals surface area contributed by atoms with E-state index in [1.54, 1.807) is 6.20 Å². The Morgan fingerprint density at radius 3 is 3.12 bits per heavy atom. The van der Waals surface area contributed by atoms with Gasteiger partial charge in [0.25, 0.3) is 0 Å². The number of benzene rings is 1. The summed E-state index contributed by atoms with van der Waals surface area (Å²) in [7, 11) is 1.93. The standard InChI is InChI=1S/C17H17ClN4OS/c1-21-7-5-19-17(21)24-10-16(23)22-6-4-15-13(9-22)12-8-11(18)2-3-14(12)20-15/h2-3,5,7-8,20H,4,6,9-10H2,1H3. The molecule has 1 aliphatic rings. The van der Waals surface area contributed by atoms with Gasteiger partial charge in [-0.25, -0.2) is 4.98 Å². The third-order valence-corrected chi connectivity index (χ3v) is 5.67. The van der Waals surface area contributed by atoms with Crippen LogP contribution in [0.1, 0.15) is 11.3 Å². The van der Waals surface area contributed by atoms with Gasteiger partial charge in [0.05, 0.1) is 5.75 Å². The molecule has 24 heavy (non-hydrogen) atoms. The smallest absolute Gasteiger partial charge is 0.233 e.